The van der Waals surface area contributed by atoms with Crippen LogP contribution in [0, 0.1) is 5.41 Å². The van der Waals surface area contributed by atoms with Crippen LogP contribution in [0.3, 0.4) is 0 Å². The molecule has 0 radical (unpaired) electrons. The number of benzene rings is 1. The van der Waals surface area contributed by atoms with Gasteiger partial charge in [0.25, 0.3) is 0 Å². The lowest BCUT2D eigenvalue weighted by atomic mass is 9.63. The maximum absolute atomic E-state index is 12.7. The van der Waals surface area contributed by atoms with Gasteiger partial charge < -0.3 is 0 Å². The van der Waals surface area contributed by atoms with Crippen molar-refractivity contribution in [2.24, 2.45) is 5.41 Å². The maximum Gasteiger partial charge on any atom is 0.146 e. The minimum atomic E-state index is -0.0313. The third-order valence-electron chi connectivity index (χ3n) is 4.74. The molecule has 1 nitrogen and oxygen atoms in total. The van der Waals surface area contributed by atoms with Gasteiger partial charge in [0.15, 0.2) is 0 Å². The van der Waals surface area contributed by atoms with Crippen molar-refractivity contribution in [3.63, 3.8) is 0 Å². The van der Waals surface area contributed by atoms with Gasteiger partial charge in [-0.15, -0.1) is 0 Å². The minimum absolute atomic E-state index is 0.0313. The van der Waals surface area contributed by atoms with Crippen LogP contribution in [0.5, 0.6) is 0 Å². The molecule has 0 amide bonds. The molecule has 2 unspecified atom stereocenters. The molecule has 1 aromatic carbocycles. The third kappa shape index (κ3) is 1.72. The summed E-state index contributed by atoms with van der Waals surface area (Å²) in [5.41, 5.74) is 2.70. The Bertz CT molecular complexity index is 449. The molecule has 1 fully saturated rings. The van der Waals surface area contributed by atoms with E-state index in [1.165, 1.54) is 17.5 Å². The standard InChI is InChI=1S/C16H20O/c1-16-10-4-7-12-6-2-3-8-13(12)14(15(16)17)9-5-11-16/h2-3,6,8,14H,4-5,7,9-11H2,1H3. The number of hydrogen-bond donors (Lipinski definition) is 0. The maximum atomic E-state index is 12.7. The fraction of sp³-hybridized carbons (Fsp3) is 0.562. The van der Waals surface area contributed by atoms with E-state index in [9.17, 15) is 4.79 Å². The first-order valence-corrected chi connectivity index (χ1v) is 6.83. The van der Waals surface area contributed by atoms with Gasteiger partial charge in [0.1, 0.15) is 5.78 Å². The fourth-order valence-corrected chi connectivity index (χ4v) is 3.69. The van der Waals surface area contributed by atoms with E-state index in [4.69, 9.17) is 0 Å². The average molecular weight is 228 g/mol. The zero-order valence-corrected chi connectivity index (χ0v) is 10.5. The van der Waals surface area contributed by atoms with E-state index in [0.29, 0.717) is 5.78 Å². The lowest BCUT2D eigenvalue weighted by Gasteiger charge is -2.39. The number of aryl methyl sites for hydroxylation is 1. The summed E-state index contributed by atoms with van der Waals surface area (Å²) in [6.45, 7) is 2.19. The molecule has 2 bridgehead atoms. The number of hydrogen-bond acceptors (Lipinski definition) is 1. The summed E-state index contributed by atoms with van der Waals surface area (Å²) >= 11 is 0. The highest BCUT2D eigenvalue weighted by atomic mass is 16.1. The molecule has 1 saturated carbocycles. The van der Waals surface area contributed by atoms with Crippen LogP contribution >= 0.6 is 0 Å². The first-order chi connectivity index (χ1) is 8.21. The van der Waals surface area contributed by atoms with Crippen molar-refractivity contribution in [1.29, 1.82) is 0 Å². The van der Waals surface area contributed by atoms with Gasteiger partial charge in [-0.1, -0.05) is 37.6 Å². The monoisotopic (exact) mass is 228 g/mol. The highest BCUT2D eigenvalue weighted by Crippen LogP contribution is 2.46. The van der Waals surface area contributed by atoms with Gasteiger partial charge in [0.2, 0.25) is 0 Å². The van der Waals surface area contributed by atoms with Crippen molar-refractivity contribution < 1.29 is 4.79 Å². The summed E-state index contributed by atoms with van der Waals surface area (Å²) in [6, 6.07) is 8.57. The molecule has 2 aliphatic carbocycles. The number of Topliss-reactive ketones (excluding diaryl/α,β-unsaturated/α-hetero) is 1. The Morgan fingerprint density at radius 3 is 2.82 bits per heavy atom. The number of ketones is 1. The lowest BCUT2D eigenvalue weighted by Crippen LogP contribution is -2.38. The number of rotatable bonds is 0. The number of carbonyl (C=O) groups excluding carboxylic acids is 1. The zero-order valence-electron chi connectivity index (χ0n) is 10.5. The van der Waals surface area contributed by atoms with Crippen LogP contribution in [0.25, 0.3) is 0 Å². The Labute approximate surface area is 103 Å². The van der Waals surface area contributed by atoms with E-state index in [1.54, 1.807) is 0 Å². The summed E-state index contributed by atoms with van der Waals surface area (Å²) in [4.78, 5) is 12.7. The lowest BCUT2D eigenvalue weighted by molar-refractivity contribution is -0.132. The van der Waals surface area contributed by atoms with E-state index in [-0.39, 0.29) is 11.3 Å². The van der Waals surface area contributed by atoms with Crippen molar-refractivity contribution in [2.45, 2.75) is 51.4 Å². The summed E-state index contributed by atoms with van der Waals surface area (Å²) in [6.07, 6.45) is 6.76. The summed E-state index contributed by atoms with van der Waals surface area (Å²) in [5, 5.41) is 0. The van der Waals surface area contributed by atoms with Gasteiger partial charge in [-0.25, -0.2) is 0 Å². The van der Waals surface area contributed by atoms with Gasteiger partial charge in [0.05, 0.1) is 0 Å². The van der Waals surface area contributed by atoms with Crippen molar-refractivity contribution in [1.82, 2.24) is 0 Å². The Hall–Kier alpha value is -1.11. The van der Waals surface area contributed by atoms with Gasteiger partial charge in [-0.3, -0.25) is 4.79 Å². The van der Waals surface area contributed by atoms with E-state index in [2.05, 4.69) is 31.2 Å². The molecule has 2 atom stereocenters. The SMILES string of the molecule is CC12CCCc3ccccc3C(CCC1)C2=O. The molecule has 0 aromatic heterocycles. The summed E-state index contributed by atoms with van der Waals surface area (Å²) in [5.74, 6) is 0.696. The molecule has 90 valence electrons. The molecule has 0 N–H and O–H groups in total. The van der Waals surface area contributed by atoms with Gasteiger partial charge in [0, 0.05) is 11.3 Å². The van der Waals surface area contributed by atoms with Crippen LogP contribution in [0.15, 0.2) is 24.3 Å². The molecule has 0 heterocycles. The van der Waals surface area contributed by atoms with E-state index in [0.717, 1.165) is 32.1 Å². The highest BCUT2D eigenvalue weighted by molar-refractivity contribution is 5.92. The largest absolute Gasteiger partial charge is 0.298 e. The van der Waals surface area contributed by atoms with Crippen LogP contribution < -0.4 is 0 Å². The first-order valence-electron chi connectivity index (χ1n) is 6.83. The Balaban J connectivity index is 2.09. The quantitative estimate of drug-likeness (QED) is 0.659. The second kappa shape index (κ2) is 3.97. The summed E-state index contributed by atoms with van der Waals surface area (Å²) < 4.78 is 0. The molecule has 1 aromatic rings. The predicted molar refractivity (Wildman–Crippen MR) is 69.1 cm³/mol. The fourth-order valence-electron chi connectivity index (χ4n) is 3.69. The van der Waals surface area contributed by atoms with Crippen LogP contribution in [-0.4, -0.2) is 5.78 Å². The van der Waals surface area contributed by atoms with Gasteiger partial charge in [-0.2, -0.15) is 0 Å². The second-order valence-electron chi connectivity index (χ2n) is 5.92. The first kappa shape index (κ1) is 11.0. The van der Waals surface area contributed by atoms with Crippen molar-refractivity contribution in [2.75, 3.05) is 0 Å². The normalized spacial score (nSPS) is 32.5. The number of fused-ring (bicyclic) bond motifs is 4. The average Bonchev–Trinajstić information content (AvgIpc) is 2.34. The molecule has 17 heavy (non-hydrogen) atoms. The molecular formula is C16H20O. The van der Waals surface area contributed by atoms with E-state index in [1.807, 2.05) is 0 Å². The van der Waals surface area contributed by atoms with Crippen molar-refractivity contribution >= 4 is 5.78 Å². The predicted octanol–water partition coefficient (Wildman–Crippen LogP) is 3.87. The Morgan fingerprint density at radius 1 is 1.18 bits per heavy atom. The van der Waals surface area contributed by atoms with Crippen molar-refractivity contribution in [3.8, 4) is 0 Å². The summed E-state index contributed by atoms with van der Waals surface area (Å²) in [7, 11) is 0. The van der Waals surface area contributed by atoms with Crippen LogP contribution in [0.4, 0.5) is 0 Å². The van der Waals surface area contributed by atoms with Gasteiger partial charge >= 0.3 is 0 Å². The van der Waals surface area contributed by atoms with E-state index >= 15 is 0 Å². The smallest absolute Gasteiger partial charge is 0.146 e. The molecule has 0 saturated heterocycles. The van der Waals surface area contributed by atoms with Crippen LogP contribution in [0.1, 0.15) is 56.1 Å². The van der Waals surface area contributed by atoms with Crippen molar-refractivity contribution in [3.05, 3.63) is 35.4 Å². The van der Waals surface area contributed by atoms with Crippen LogP contribution in [-0.2, 0) is 11.2 Å². The zero-order chi connectivity index (χ0) is 11.9. The minimum Gasteiger partial charge on any atom is -0.298 e. The van der Waals surface area contributed by atoms with E-state index < -0.39 is 0 Å². The number of carbonyl (C=O) groups is 1. The molecule has 0 aliphatic heterocycles. The Kier molecular flexibility index (Phi) is 2.57. The highest BCUT2D eigenvalue weighted by Gasteiger charge is 2.42. The van der Waals surface area contributed by atoms with Crippen LogP contribution in [0.2, 0.25) is 0 Å². The molecule has 1 heteroatoms. The molecule has 3 rings (SSSR count). The van der Waals surface area contributed by atoms with Gasteiger partial charge in [-0.05, 0) is 43.2 Å². The second-order valence-corrected chi connectivity index (χ2v) is 5.92. The third-order valence-corrected chi connectivity index (χ3v) is 4.74. The Morgan fingerprint density at radius 2 is 1.94 bits per heavy atom. The molecule has 2 aliphatic rings. The topological polar surface area (TPSA) is 17.1 Å². The molecular weight excluding hydrogens is 208 g/mol. The molecule has 0 spiro atoms.